The van der Waals surface area contributed by atoms with Crippen LogP contribution in [0.25, 0.3) is 0 Å². The van der Waals surface area contributed by atoms with Crippen LogP contribution < -0.4 is 0 Å². The largest absolute Gasteiger partial charge is 0.390 e. The van der Waals surface area contributed by atoms with Gasteiger partial charge in [-0.25, -0.2) is 0 Å². The van der Waals surface area contributed by atoms with E-state index in [4.69, 9.17) is 4.74 Å². The minimum atomic E-state index is -0.411. The van der Waals surface area contributed by atoms with Crippen molar-refractivity contribution in [1.29, 1.82) is 0 Å². The van der Waals surface area contributed by atoms with E-state index in [2.05, 4.69) is 15.9 Å². The first kappa shape index (κ1) is 10.7. The molecule has 0 bridgehead atoms. The summed E-state index contributed by atoms with van der Waals surface area (Å²) in [6, 6.07) is 7.91. The van der Waals surface area contributed by atoms with Crippen LogP contribution in [-0.4, -0.2) is 24.9 Å². The molecule has 0 saturated carbocycles. The number of halogens is 1. The first-order valence-corrected chi connectivity index (χ1v) is 4.93. The van der Waals surface area contributed by atoms with E-state index in [1.54, 1.807) is 7.11 Å². The third kappa shape index (κ3) is 3.89. The molecule has 1 aromatic rings. The lowest BCUT2D eigenvalue weighted by molar-refractivity contribution is 0.0650. The van der Waals surface area contributed by atoms with Crippen LogP contribution >= 0.6 is 15.9 Å². The molecule has 3 heteroatoms. The third-order valence-corrected chi connectivity index (χ3v) is 2.27. The zero-order valence-corrected chi connectivity index (χ0v) is 9.12. The molecule has 1 unspecified atom stereocenters. The number of hydrogen-bond acceptors (Lipinski definition) is 2. The molecule has 1 atom stereocenters. The molecule has 2 nitrogen and oxygen atoms in total. The number of hydrogen-bond donors (Lipinski definition) is 1. The first-order valence-electron chi connectivity index (χ1n) is 4.14. The SMILES string of the molecule is COCC(O)Cc1ccc(Br)cc1. The molecule has 1 rings (SSSR count). The smallest absolute Gasteiger partial charge is 0.0813 e. The monoisotopic (exact) mass is 244 g/mol. The Morgan fingerprint density at radius 2 is 2.00 bits per heavy atom. The highest BCUT2D eigenvalue weighted by Crippen LogP contribution is 2.11. The highest BCUT2D eigenvalue weighted by Gasteiger charge is 2.04. The fourth-order valence-electron chi connectivity index (χ4n) is 1.14. The van der Waals surface area contributed by atoms with Crippen molar-refractivity contribution >= 4 is 15.9 Å². The Morgan fingerprint density at radius 3 is 2.54 bits per heavy atom. The number of aliphatic hydroxyl groups is 1. The van der Waals surface area contributed by atoms with Gasteiger partial charge in [0.1, 0.15) is 0 Å². The van der Waals surface area contributed by atoms with Gasteiger partial charge in [0, 0.05) is 18.0 Å². The lowest BCUT2D eigenvalue weighted by Gasteiger charge is -2.08. The van der Waals surface area contributed by atoms with Crippen LogP contribution in [0.1, 0.15) is 5.56 Å². The van der Waals surface area contributed by atoms with Crippen molar-refractivity contribution in [3.8, 4) is 0 Å². The lowest BCUT2D eigenvalue weighted by Crippen LogP contribution is -2.16. The summed E-state index contributed by atoms with van der Waals surface area (Å²) in [5.41, 5.74) is 1.12. The molecular weight excluding hydrogens is 232 g/mol. The van der Waals surface area contributed by atoms with Gasteiger partial charge in [-0.2, -0.15) is 0 Å². The van der Waals surface area contributed by atoms with E-state index in [0.29, 0.717) is 13.0 Å². The molecular formula is C10H13BrO2. The van der Waals surface area contributed by atoms with Gasteiger partial charge < -0.3 is 9.84 Å². The molecule has 0 aromatic heterocycles. The van der Waals surface area contributed by atoms with Crippen LogP contribution in [0.3, 0.4) is 0 Å². The second kappa shape index (κ2) is 5.37. The van der Waals surface area contributed by atoms with Gasteiger partial charge in [0.25, 0.3) is 0 Å². The predicted molar refractivity (Wildman–Crippen MR) is 55.7 cm³/mol. The molecule has 0 radical (unpaired) electrons. The quantitative estimate of drug-likeness (QED) is 0.879. The molecule has 0 aliphatic rings. The summed E-state index contributed by atoms with van der Waals surface area (Å²) in [5.74, 6) is 0. The van der Waals surface area contributed by atoms with Crippen LogP contribution in [0.5, 0.6) is 0 Å². The second-order valence-electron chi connectivity index (χ2n) is 2.94. The van der Waals surface area contributed by atoms with Gasteiger partial charge in [-0.15, -0.1) is 0 Å². The predicted octanol–water partition coefficient (Wildman–Crippen LogP) is 2.00. The molecule has 0 fully saturated rings. The summed E-state index contributed by atoms with van der Waals surface area (Å²) in [6.07, 6.45) is 0.229. The maximum absolute atomic E-state index is 9.44. The standard InChI is InChI=1S/C10H13BrO2/c1-13-7-10(12)6-8-2-4-9(11)5-3-8/h2-5,10,12H,6-7H2,1H3. The highest BCUT2D eigenvalue weighted by molar-refractivity contribution is 9.10. The fraction of sp³-hybridized carbons (Fsp3) is 0.400. The Morgan fingerprint density at radius 1 is 1.38 bits per heavy atom. The first-order chi connectivity index (χ1) is 6.22. The number of benzene rings is 1. The summed E-state index contributed by atoms with van der Waals surface area (Å²) in [4.78, 5) is 0. The van der Waals surface area contributed by atoms with Crippen LogP contribution in [0, 0.1) is 0 Å². The molecule has 0 spiro atoms. The van der Waals surface area contributed by atoms with Gasteiger partial charge in [-0.1, -0.05) is 28.1 Å². The highest BCUT2D eigenvalue weighted by atomic mass is 79.9. The summed E-state index contributed by atoms with van der Waals surface area (Å²) in [7, 11) is 1.59. The summed E-state index contributed by atoms with van der Waals surface area (Å²) >= 11 is 3.36. The maximum Gasteiger partial charge on any atom is 0.0813 e. The van der Waals surface area contributed by atoms with Gasteiger partial charge >= 0.3 is 0 Å². The zero-order valence-electron chi connectivity index (χ0n) is 7.53. The van der Waals surface area contributed by atoms with Crippen molar-refractivity contribution in [3.05, 3.63) is 34.3 Å². The molecule has 1 N–H and O–H groups in total. The van der Waals surface area contributed by atoms with E-state index in [0.717, 1.165) is 10.0 Å². The Bertz CT molecular complexity index is 246. The average Bonchev–Trinajstić information content (AvgIpc) is 2.09. The van der Waals surface area contributed by atoms with E-state index in [1.807, 2.05) is 24.3 Å². The van der Waals surface area contributed by atoms with Crippen molar-refractivity contribution in [1.82, 2.24) is 0 Å². The Hall–Kier alpha value is -0.380. The van der Waals surface area contributed by atoms with Gasteiger partial charge in [-0.05, 0) is 17.7 Å². The van der Waals surface area contributed by atoms with Gasteiger partial charge in [-0.3, -0.25) is 0 Å². The summed E-state index contributed by atoms with van der Waals surface area (Å²) in [6.45, 7) is 0.385. The molecule has 0 aliphatic heterocycles. The number of rotatable bonds is 4. The van der Waals surface area contributed by atoms with Crippen molar-refractivity contribution in [2.45, 2.75) is 12.5 Å². The van der Waals surface area contributed by atoms with E-state index >= 15 is 0 Å². The van der Waals surface area contributed by atoms with E-state index in [1.165, 1.54) is 0 Å². The maximum atomic E-state index is 9.44. The van der Waals surface area contributed by atoms with Crippen molar-refractivity contribution in [3.63, 3.8) is 0 Å². The van der Waals surface area contributed by atoms with Gasteiger partial charge in [0.2, 0.25) is 0 Å². The lowest BCUT2D eigenvalue weighted by atomic mass is 10.1. The van der Waals surface area contributed by atoms with Crippen LogP contribution in [0.15, 0.2) is 28.7 Å². The number of methoxy groups -OCH3 is 1. The van der Waals surface area contributed by atoms with Crippen molar-refractivity contribution in [2.75, 3.05) is 13.7 Å². The minimum Gasteiger partial charge on any atom is -0.390 e. The second-order valence-corrected chi connectivity index (χ2v) is 3.86. The van der Waals surface area contributed by atoms with E-state index < -0.39 is 6.10 Å². The normalized spacial score (nSPS) is 12.8. The topological polar surface area (TPSA) is 29.5 Å². The Labute approximate surface area is 86.7 Å². The van der Waals surface area contributed by atoms with Crippen molar-refractivity contribution < 1.29 is 9.84 Å². The third-order valence-electron chi connectivity index (χ3n) is 1.74. The molecule has 0 saturated heterocycles. The zero-order chi connectivity index (χ0) is 9.68. The number of aliphatic hydroxyl groups excluding tert-OH is 1. The molecule has 72 valence electrons. The summed E-state index contributed by atoms with van der Waals surface area (Å²) in [5, 5.41) is 9.44. The van der Waals surface area contributed by atoms with E-state index in [-0.39, 0.29) is 0 Å². The Kier molecular flexibility index (Phi) is 4.42. The minimum absolute atomic E-state index is 0.385. The molecule has 13 heavy (non-hydrogen) atoms. The average molecular weight is 245 g/mol. The molecule has 0 amide bonds. The molecule has 0 heterocycles. The van der Waals surface area contributed by atoms with Crippen LogP contribution in [-0.2, 0) is 11.2 Å². The van der Waals surface area contributed by atoms with Crippen molar-refractivity contribution in [2.24, 2.45) is 0 Å². The van der Waals surface area contributed by atoms with Crippen LogP contribution in [0.2, 0.25) is 0 Å². The van der Waals surface area contributed by atoms with Crippen LogP contribution in [0.4, 0.5) is 0 Å². The Balaban J connectivity index is 2.49. The van der Waals surface area contributed by atoms with E-state index in [9.17, 15) is 5.11 Å². The molecule has 0 aliphatic carbocycles. The molecule has 1 aromatic carbocycles. The summed E-state index contributed by atoms with van der Waals surface area (Å²) < 4.78 is 5.89. The van der Waals surface area contributed by atoms with Gasteiger partial charge in [0.05, 0.1) is 12.7 Å². The number of ether oxygens (including phenoxy) is 1. The van der Waals surface area contributed by atoms with Gasteiger partial charge in [0.15, 0.2) is 0 Å². The fourth-order valence-corrected chi connectivity index (χ4v) is 1.41.